The van der Waals surface area contributed by atoms with Crippen molar-refractivity contribution in [3.05, 3.63) is 175 Å². The fraction of sp³-hybridized carbons (Fsp3) is 0.0392. The van der Waals surface area contributed by atoms with Gasteiger partial charge < -0.3 is 13.4 Å². The van der Waals surface area contributed by atoms with E-state index in [1.807, 2.05) is 48.5 Å². The molecule has 0 N–H and O–H groups in total. The Morgan fingerprint density at radius 1 is 0.456 bits per heavy atom. The molecular formula is C51H32N4O2. The fourth-order valence-electron chi connectivity index (χ4n) is 8.70. The molecule has 0 spiro atoms. The zero-order valence-corrected chi connectivity index (χ0v) is 30.7. The molecule has 7 aromatic carbocycles. The van der Waals surface area contributed by atoms with Crippen LogP contribution in [0, 0.1) is 0 Å². The summed E-state index contributed by atoms with van der Waals surface area (Å²) in [5.74, 6) is 2.85. The third-order valence-corrected chi connectivity index (χ3v) is 11.3. The summed E-state index contributed by atoms with van der Waals surface area (Å²) in [6, 6.07) is 54.8. The van der Waals surface area contributed by atoms with E-state index in [9.17, 15) is 0 Å². The molecule has 0 saturated carbocycles. The summed E-state index contributed by atoms with van der Waals surface area (Å²) >= 11 is 0. The number of hydrogen-bond donors (Lipinski definition) is 0. The molecule has 0 amide bonds. The van der Waals surface area contributed by atoms with E-state index < -0.39 is 0 Å². The maximum Gasteiger partial charge on any atom is 0.164 e. The summed E-state index contributed by atoms with van der Waals surface area (Å²) in [7, 11) is 0. The summed E-state index contributed by atoms with van der Waals surface area (Å²) in [6.45, 7) is 0. The molecule has 0 aliphatic heterocycles. The molecule has 0 radical (unpaired) electrons. The highest BCUT2D eigenvalue weighted by molar-refractivity contribution is 6.15. The minimum atomic E-state index is 0.610. The number of aromatic nitrogens is 4. The van der Waals surface area contributed by atoms with Crippen LogP contribution in [-0.4, -0.2) is 19.5 Å². The van der Waals surface area contributed by atoms with Crippen LogP contribution in [0.3, 0.4) is 0 Å². The third kappa shape index (κ3) is 5.00. The Labute approximate surface area is 327 Å². The number of fused-ring (bicyclic) bond motifs is 9. The lowest BCUT2D eigenvalue weighted by molar-refractivity contribution is 0.546. The second-order valence-electron chi connectivity index (χ2n) is 14.6. The van der Waals surface area contributed by atoms with E-state index in [1.165, 1.54) is 5.56 Å². The van der Waals surface area contributed by atoms with Crippen molar-refractivity contribution in [2.24, 2.45) is 0 Å². The highest BCUT2D eigenvalue weighted by atomic mass is 16.3. The molecular weight excluding hydrogens is 701 g/mol. The van der Waals surface area contributed by atoms with Gasteiger partial charge in [0, 0.05) is 50.2 Å². The second kappa shape index (κ2) is 12.5. The summed E-state index contributed by atoms with van der Waals surface area (Å²) in [4.78, 5) is 15.5. The topological polar surface area (TPSA) is 69.9 Å². The van der Waals surface area contributed by atoms with Crippen molar-refractivity contribution in [1.82, 2.24) is 19.5 Å². The number of allylic oxidation sites excluding steroid dienone is 1. The van der Waals surface area contributed by atoms with Crippen LogP contribution >= 0.6 is 0 Å². The van der Waals surface area contributed by atoms with E-state index in [0.717, 1.165) is 107 Å². The number of nitrogens with zero attached hydrogens (tertiary/aromatic N) is 4. The maximum atomic E-state index is 6.49. The number of rotatable bonds is 5. The largest absolute Gasteiger partial charge is 0.460 e. The third-order valence-electron chi connectivity index (χ3n) is 11.3. The van der Waals surface area contributed by atoms with E-state index in [4.69, 9.17) is 23.8 Å². The number of para-hydroxylation sites is 1. The van der Waals surface area contributed by atoms with Crippen LogP contribution in [0.15, 0.2) is 173 Å². The van der Waals surface area contributed by atoms with Crippen molar-refractivity contribution in [2.75, 3.05) is 0 Å². The first kappa shape index (κ1) is 31.7. The van der Waals surface area contributed by atoms with Gasteiger partial charge >= 0.3 is 0 Å². The van der Waals surface area contributed by atoms with Gasteiger partial charge in [-0.25, -0.2) is 15.0 Å². The van der Waals surface area contributed by atoms with E-state index in [0.29, 0.717) is 17.5 Å². The van der Waals surface area contributed by atoms with Crippen molar-refractivity contribution in [1.29, 1.82) is 0 Å². The van der Waals surface area contributed by atoms with Crippen molar-refractivity contribution >= 4 is 60.8 Å². The highest BCUT2D eigenvalue weighted by Gasteiger charge is 2.23. The molecule has 6 nitrogen and oxygen atoms in total. The number of benzene rings is 7. The summed E-state index contributed by atoms with van der Waals surface area (Å²) < 4.78 is 15.2. The molecule has 0 atom stereocenters. The zero-order chi connectivity index (χ0) is 37.5. The molecule has 57 heavy (non-hydrogen) atoms. The predicted molar refractivity (Wildman–Crippen MR) is 230 cm³/mol. The van der Waals surface area contributed by atoms with Crippen LogP contribution in [0.25, 0.3) is 112 Å². The maximum absolute atomic E-state index is 6.49. The fourth-order valence-corrected chi connectivity index (χ4v) is 8.70. The average molecular weight is 733 g/mol. The molecule has 11 aromatic rings. The molecule has 1 aliphatic rings. The molecule has 0 bridgehead atoms. The Kier molecular flexibility index (Phi) is 6.95. The monoisotopic (exact) mass is 732 g/mol. The van der Waals surface area contributed by atoms with Gasteiger partial charge in [0.05, 0.1) is 22.1 Å². The van der Waals surface area contributed by atoms with Crippen LogP contribution in [-0.2, 0) is 6.42 Å². The van der Waals surface area contributed by atoms with Crippen LogP contribution in [0.4, 0.5) is 0 Å². The van der Waals surface area contributed by atoms with Gasteiger partial charge in [0.15, 0.2) is 17.5 Å². The average Bonchev–Trinajstić information content (AvgIpc) is 3.96. The molecule has 0 saturated heterocycles. The summed E-state index contributed by atoms with van der Waals surface area (Å²) in [6.07, 6.45) is 6.24. The highest BCUT2D eigenvalue weighted by Crippen LogP contribution is 2.42. The minimum absolute atomic E-state index is 0.610. The van der Waals surface area contributed by atoms with Crippen molar-refractivity contribution < 1.29 is 8.83 Å². The van der Waals surface area contributed by atoms with Crippen LogP contribution < -0.4 is 0 Å². The number of furan rings is 2. The van der Waals surface area contributed by atoms with Crippen LogP contribution in [0.2, 0.25) is 0 Å². The van der Waals surface area contributed by atoms with Gasteiger partial charge in [-0.2, -0.15) is 0 Å². The van der Waals surface area contributed by atoms with Gasteiger partial charge in [0.25, 0.3) is 0 Å². The van der Waals surface area contributed by atoms with Crippen molar-refractivity contribution in [2.45, 2.75) is 12.8 Å². The lowest BCUT2D eigenvalue weighted by atomic mass is 9.99. The smallest absolute Gasteiger partial charge is 0.164 e. The molecule has 6 heteroatoms. The van der Waals surface area contributed by atoms with E-state index in [1.54, 1.807) is 0 Å². The van der Waals surface area contributed by atoms with E-state index in [2.05, 4.69) is 126 Å². The standard InChI is InChI=1S/C51H32N4O2/c1-3-13-31(14-4-1)33-26-28-44-39(29-33)48-42(21-12-24-46(48)57-44)55-40-20-9-7-17-35(40)38-30-34(25-27-41(38)55)50-52-49(32-15-5-2-6-16-32)53-51(54-50)37-19-11-23-45-47(37)36-18-8-10-22-43(36)56-45/h1-9,11-21,23-30H,10,22H2. The molecule has 0 unspecified atom stereocenters. The lowest BCUT2D eigenvalue weighted by Crippen LogP contribution is -2.01. The normalized spacial score (nSPS) is 12.7. The van der Waals surface area contributed by atoms with Crippen molar-refractivity contribution in [3.8, 4) is 51.0 Å². The minimum Gasteiger partial charge on any atom is -0.460 e. The Bertz CT molecular complexity index is 3410. The molecule has 0 fully saturated rings. The van der Waals surface area contributed by atoms with Gasteiger partial charge in [0.1, 0.15) is 22.5 Å². The zero-order valence-electron chi connectivity index (χ0n) is 30.7. The molecule has 4 aromatic heterocycles. The van der Waals surface area contributed by atoms with Gasteiger partial charge in [-0.1, -0.05) is 115 Å². The quantitative estimate of drug-likeness (QED) is 0.176. The molecule has 268 valence electrons. The Morgan fingerprint density at radius 3 is 2.00 bits per heavy atom. The predicted octanol–water partition coefficient (Wildman–Crippen LogP) is 13.2. The first-order valence-corrected chi connectivity index (χ1v) is 19.3. The number of aryl methyl sites for hydroxylation is 1. The van der Waals surface area contributed by atoms with Gasteiger partial charge in [-0.05, 0) is 72.1 Å². The lowest BCUT2D eigenvalue weighted by Gasteiger charge is -2.11. The summed E-state index contributed by atoms with van der Waals surface area (Å²) in [5.41, 5.74) is 12.0. The van der Waals surface area contributed by atoms with Crippen molar-refractivity contribution in [3.63, 3.8) is 0 Å². The second-order valence-corrected chi connectivity index (χ2v) is 14.6. The van der Waals surface area contributed by atoms with Gasteiger partial charge in [-0.3, -0.25) is 0 Å². The van der Waals surface area contributed by atoms with Crippen LogP contribution in [0.1, 0.15) is 17.7 Å². The Morgan fingerprint density at radius 2 is 1.14 bits per heavy atom. The SMILES string of the molecule is C1=Cc2c(oc3cccc(-c4nc(-c5ccccc5)nc(-c5ccc6c(c5)c5ccccc5n6-c5cccc6oc7ccc(-c8ccccc8)cc7c56)n4)c23)CC1. The van der Waals surface area contributed by atoms with Gasteiger partial charge in [0.2, 0.25) is 0 Å². The van der Waals surface area contributed by atoms with E-state index >= 15 is 0 Å². The first-order chi connectivity index (χ1) is 28.2. The van der Waals surface area contributed by atoms with Gasteiger partial charge in [-0.15, -0.1) is 0 Å². The number of hydrogen-bond acceptors (Lipinski definition) is 5. The molecule has 1 aliphatic carbocycles. The summed E-state index contributed by atoms with van der Waals surface area (Å²) in [5, 5.41) is 5.45. The van der Waals surface area contributed by atoms with E-state index in [-0.39, 0.29) is 0 Å². The Balaban J connectivity index is 1.07. The molecule has 12 rings (SSSR count). The first-order valence-electron chi connectivity index (χ1n) is 19.3. The van der Waals surface area contributed by atoms with Crippen LogP contribution in [0.5, 0.6) is 0 Å². The molecule has 4 heterocycles. The Hall–Kier alpha value is -7.57.